The third-order valence-electron chi connectivity index (χ3n) is 10.7. The van der Waals surface area contributed by atoms with Crippen molar-refractivity contribution in [1.29, 1.82) is 0 Å². The van der Waals surface area contributed by atoms with Gasteiger partial charge in [-0.2, -0.15) is 0 Å². The Morgan fingerprint density at radius 2 is 1.89 bits per heavy atom. The molecule has 4 aliphatic carbocycles. The maximum atomic E-state index is 15.9. The zero-order chi connectivity index (χ0) is 28.1. The van der Waals surface area contributed by atoms with Crippen molar-refractivity contribution in [1.82, 2.24) is 0 Å². The summed E-state index contributed by atoms with van der Waals surface area (Å²) in [5.41, 5.74) is -2.40. The number of hydrogen-bond acceptors (Lipinski definition) is 5. The summed E-state index contributed by atoms with van der Waals surface area (Å²) in [6.07, 6.45) is 5.14. The number of carbonyl (C=O) groups is 2. The average molecular weight is 572 g/mol. The highest BCUT2D eigenvalue weighted by Crippen LogP contribution is 2.74. The van der Waals surface area contributed by atoms with Crippen LogP contribution in [0, 0.1) is 22.7 Å². The molecule has 0 amide bonds. The van der Waals surface area contributed by atoms with Gasteiger partial charge in [0.2, 0.25) is 0 Å². The highest BCUT2D eigenvalue weighted by molar-refractivity contribution is 6.34. The van der Waals surface area contributed by atoms with Crippen LogP contribution < -0.4 is 0 Å². The maximum absolute atomic E-state index is 15.9. The van der Waals surface area contributed by atoms with Crippen LogP contribution >= 0.6 is 23.2 Å². The molecule has 5 aliphatic rings. The maximum Gasteiger partial charge on any atom is 0.178 e. The minimum atomic E-state index is -1.31. The van der Waals surface area contributed by atoms with Crippen LogP contribution in [-0.2, 0) is 23.8 Å². The molecule has 8 heteroatoms. The number of fused-ring (bicyclic) bond motifs is 7. The Morgan fingerprint density at radius 3 is 2.55 bits per heavy atom. The Bertz CT molecular complexity index is 1100. The van der Waals surface area contributed by atoms with Crippen molar-refractivity contribution in [3.05, 3.63) is 23.8 Å². The van der Waals surface area contributed by atoms with Crippen LogP contribution in [0.25, 0.3) is 0 Å². The minimum Gasteiger partial charge on any atom is -0.368 e. The summed E-state index contributed by atoms with van der Waals surface area (Å²) < 4.78 is 35.0. The molecule has 38 heavy (non-hydrogen) atoms. The molecule has 5 rings (SSSR count). The summed E-state index contributed by atoms with van der Waals surface area (Å²) >= 11 is 14.9. The van der Waals surface area contributed by atoms with Gasteiger partial charge in [-0.3, -0.25) is 9.59 Å². The summed E-state index contributed by atoms with van der Waals surface area (Å²) in [6, 6.07) is 0. The predicted molar refractivity (Wildman–Crippen MR) is 145 cm³/mol. The lowest BCUT2D eigenvalue weighted by atomic mass is 9.46. The standard InChI is InChI=1S/C30H41Cl2FO5/c1-8-25(2,3)36-16-18(35)14-29-24(37-26(4,5)38-29)13-19-20-12-22(33)21-11-17(34)9-10-27(21,6)30(20,32)23(31)15-28(19,29)7/h9-11,19-20,22-24H,8,12-16H2,1-7H3. The van der Waals surface area contributed by atoms with Crippen LogP contribution in [0.3, 0.4) is 0 Å². The number of ketones is 2. The molecule has 0 aromatic heterocycles. The summed E-state index contributed by atoms with van der Waals surface area (Å²) in [7, 11) is 0. The summed E-state index contributed by atoms with van der Waals surface area (Å²) in [4.78, 5) is 24.6. The summed E-state index contributed by atoms with van der Waals surface area (Å²) in [5.74, 6) is -1.53. The lowest BCUT2D eigenvalue weighted by molar-refractivity contribution is -0.215. The number of halogens is 3. The lowest BCUT2D eigenvalue weighted by Gasteiger charge is -2.64. The van der Waals surface area contributed by atoms with Gasteiger partial charge in [-0.15, -0.1) is 23.2 Å². The molecule has 3 saturated carbocycles. The Balaban J connectivity index is 1.53. The zero-order valence-electron chi connectivity index (χ0n) is 23.5. The smallest absolute Gasteiger partial charge is 0.178 e. The molecule has 9 unspecified atom stereocenters. The molecule has 1 saturated heterocycles. The first-order valence-electron chi connectivity index (χ1n) is 13.9. The van der Waals surface area contributed by atoms with Gasteiger partial charge in [-0.1, -0.05) is 26.8 Å². The van der Waals surface area contributed by atoms with Crippen LogP contribution in [0.2, 0.25) is 0 Å². The normalized spacial score (nSPS) is 47.2. The molecule has 0 spiro atoms. The summed E-state index contributed by atoms with van der Waals surface area (Å²) in [6.45, 7) is 13.7. The van der Waals surface area contributed by atoms with Crippen LogP contribution in [0.1, 0.15) is 80.6 Å². The van der Waals surface area contributed by atoms with Gasteiger partial charge in [0.1, 0.15) is 18.4 Å². The van der Waals surface area contributed by atoms with E-state index in [-0.39, 0.29) is 49.0 Å². The number of ether oxygens (including phenoxy) is 3. The van der Waals surface area contributed by atoms with Crippen LogP contribution in [0.4, 0.5) is 4.39 Å². The van der Waals surface area contributed by atoms with Crippen molar-refractivity contribution >= 4 is 34.8 Å². The lowest BCUT2D eigenvalue weighted by Crippen LogP contribution is -2.68. The van der Waals surface area contributed by atoms with Crippen molar-refractivity contribution < 1.29 is 28.2 Å². The predicted octanol–water partition coefficient (Wildman–Crippen LogP) is 6.49. The third-order valence-corrected chi connectivity index (χ3v) is 12.3. The molecule has 5 nitrogen and oxygen atoms in total. The van der Waals surface area contributed by atoms with E-state index in [4.69, 9.17) is 37.4 Å². The van der Waals surface area contributed by atoms with E-state index in [0.717, 1.165) is 6.42 Å². The monoisotopic (exact) mass is 570 g/mol. The first kappa shape index (κ1) is 28.7. The van der Waals surface area contributed by atoms with Crippen molar-refractivity contribution in [2.75, 3.05) is 6.61 Å². The molecular formula is C30H41Cl2FO5. The third kappa shape index (κ3) is 3.87. The number of Topliss-reactive ketones (excluding diaryl/α,β-unsaturated/α-hetero) is 1. The van der Waals surface area contributed by atoms with E-state index in [1.807, 2.05) is 41.5 Å². The topological polar surface area (TPSA) is 61.8 Å². The first-order valence-corrected chi connectivity index (χ1v) is 14.7. The van der Waals surface area contributed by atoms with Crippen molar-refractivity contribution in [3.8, 4) is 0 Å². The fourth-order valence-corrected chi connectivity index (χ4v) is 9.60. The fraction of sp³-hybridized carbons (Fsp3) is 0.800. The van der Waals surface area contributed by atoms with Gasteiger partial charge in [0.15, 0.2) is 17.4 Å². The molecule has 9 atom stereocenters. The van der Waals surface area contributed by atoms with Crippen molar-refractivity contribution in [2.24, 2.45) is 22.7 Å². The van der Waals surface area contributed by atoms with Crippen molar-refractivity contribution in [2.45, 2.75) is 120 Å². The molecule has 0 aromatic rings. The quantitative estimate of drug-likeness (QED) is 0.342. The molecule has 0 radical (unpaired) electrons. The van der Waals surface area contributed by atoms with E-state index in [1.165, 1.54) is 12.2 Å². The van der Waals surface area contributed by atoms with Crippen LogP contribution in [0.5, 0.6) is 0 Å². The second-order valence-corrected chi connectivity index (χ2v) is 14.8. The van der Waals surface area contributed by atoms with E-state index in [2.05, 4.69) is 6.92 Å². The van der Waals surface area contributed by atoms with Gasteiger partial charge in [0, 0.05) is 17.3 Å². The number of hydrogen-bond donors (Lipinski definition) is 0. The second kappa shape index (κ2) is 8.85. The van der Waals surface area contributed by atoms with E-state index in [1.54, 1.807) is 6.08 Å². The average Bonchev–Trinajstić information content (AvgIpc) is 3.20. The van der Waals surface area contributed by atoms with E-state index in [0.29, 0.717) is 18.4 Å². The molecule has 0 aromatic carbocycles. The molecule has 0 N–H and O–H groups in total. The number of alkyl halides is 3. The van der Waals surface area contributed by atoms with Crippen LogP contribution in [-0.4, -0.2) is 57.7 Å². The van der Waals surface area contributed by atoms with E-state index < -0.39 is 44.2 Å². The van der Waals surface area contributed by atoms with Gasteiger partial charge in [-0.25, -0.2) is 4.39 Å². The highest BCUT2D eigenvalue weighted by Gasteiger charge is 2.78. The molecule has 212 valence electrons. The largest absolute Gasteiger partial charge is 0.368 e. The van der Waals surface area contributed by atoms with Crippen molar-refractivity contribution in [3.63, 3.8) is 0 Å². The van der Waals surface area contributed by atoms with E-state index in [9.17, 15) is 9.59 Å². The second-order valence-electron chi connectivity index (χ2n) is 13.7. The van der Waals surface area contributed by atoms with Gasteiger partial charge in [0.05, 0.1) is 22.0 Å². The van der Waals surface area contributed by atoms with Gasteiger partial charge in [0.25, 0.3) is 0 Å². The van der Waals surface area contributed by atoms with E-state index >= 15 is 4.39 Å². The highest BCUT2D eigenvalue weighted by atomic mass is 35.5. The van der Waals surface area contributed by atoms with Gasteiger partial charge in [-0.05, 0) is 82.9 Å². The minimum absolute atomic E-state index is 0.00930. The molecule has 4 fully saturated rings. The molecule has 1 heterocycles. The SMILES string of the molecule is CCC(C)(C)OCC(=O)CC12OC(C)(C)OC1CC1C3CC(F)C4=CC(=O)C=CC4(C)C3(Cl)C(Cl)CC12C. The number of allylic oxidation sites excluding steroid dienone is 4. The Hall–Kier alpha value is -0.790. The molecule has 0 bridgehead atoms. The fourth-order valence-electron chi connectivity index (χ4n) is 8.40. The van der Waals surface area contributed by atoms with Gasteiger partial charge < -0.3 is 14.2 Å². The first-order chi connectivity index (χ1) is 17.4. The van der Waals surface area contributed by atoms with Crippen LogP contribution in [0.15, 0.2) is 23.8 Å². The molecule has 1 aliphatic heterocycles. The summed E-state index contributed by atoms with van der Waals surface area (Å²) in [5, 5.41) is -0.553. The molecular weight excluding hydrogens is 530 g/mol. The van der Waals surface area contributed by atoms with Gasteiger partial charge >= 0.3 is 0 Å². The number of carbonyl (C=O) groups excluding carboxylic acids is 2. The Kier molecular flexibility index (Phi) is 6.69. The zero-order valence-corrected chi connectivity index (χ0v) is 25.0. The number of rotatable bonds is 6. The Labute approximate surface area is 235 Å². The Morgan fingerprint density at radius 1 is 1.21 bits per heavy atom.